The van der Waals surface area contributed by atoms with Gasteiger partial charge in [-0.1, -0.05) is 18.2 Å². The molecule has 88 valence electrons. The molecule has 2 atom stereocenters. The summed E-state index contributed by atoms with van der Waals surface area (Å²) >= 11 is 0. The van der Waals surface area contributed by atoms with Crippen molar-refractivity contribution in [2.75, 3.05) is 6.61 Å². The third kappa shape index (κ3) is 2.54. The van der Waals surface area contributed by atoms with E-state index in [4.69, 9.17) is 9.84 Å². The highest BCUT2D eigenvalue weighted by atomic mass is 16.5. The number of aliphatic hydroxyl groups is 2. The molecule has 0 aliphatic heterocycles. The Morgan fingerprint density at radius 1 is 1.25 bits per heavy atom. The first-order valence-corrected chi connectivity index (χ1v) is 5.84. The molecule has 1 aromatic rings. The van der Waals surface area contributed by atoms with E-state index in [2.05, 4.69) is 0 Å². The van der Waals surface area contributed by atoms with Crippen LogP contribution < -0.4 is 4.74 Å². The van der Waals surface area contributed by atoms with Gasteiger partial charge in [-0.25, -0.2) is 0 Å². The van der Waals surface area contributed by atoms with E-state index in [0.29, 0.717) is 6.42 Å². The molecule has 1 aliphatic rings. The molecule has 0 spiro atoms. The van der Waals surface area contributed by atoms with Gasteiger partial charge < -0.3 is 14.9 Å². The molecule has 0 radical (unpaired) electrons. The molecule has 0 aromatic heterocycles. The van der Waals surface area contributed by atoms with Crippen LogP contribution in [0.2, 0.25) is 0 Å². The highest BCUT2D eigenvalue weighted by molar-refractivity contribution is 5.33. The van der Waals surface area contributed by atoms with Crippen LogP contribution in [0.15, 0.2) is 24.3 Å². The van der Waals surface area contributed by atoms with E-state index in [0.717, 1.165) is 30.6 Å². The summed E-state index contributed by atoms with van der Waals surface area (Å²) in [6, 6.07) is 7.70. The monoisotopic (exact) mass is 222 g/mol. The van der Waals surface area contributed by atoms with Crippen molar-refractivity contribution >= 4 is 0 Å². The van der Waals surface area contributed by atoms with Crippen LogP contribution in [-0.2, 0) is 6.42 Å². The Morgan fingerprint density at radius 2 is 2.06 bits per heavy atom. The summed E-state index contributed by atoms with van der Waals surface area (Å²) in [6.07, 6.45) is 2.93. The molecule has 0 saturated heterocycles. The minimum absolute atomic E-state index is 0.0835. The van der Waals surface area contributed by atoms with Crippen LogP contribution >= 0.6 is 0 Å². The second-order valence-corrected chi connectivity index (χ2v) is 4.24. The van der Waals surface area contributed by atoms with Gasteiger partial charge in [0, 0.05) is 6.61 Å². The van der Waals surface area contributed by atoms with Crippen LogP contribution in [0.4, 0.5) is 0 Å². The van der Waals surface area contributed by atoms with Crippen molar-refractivity contribution < 1.29 is 14.9 Å². The molecule has 1 saturated carbocycles. The minimum Gasteiger partial charge on any atom is -0.487 e. The van der Waals surface area contributed by atoms with E-state index in [9.17, 15) is 5.11 Å². The van der Waals surface area contributed by atoms with Gasteiger partial charge in [0.1, 0.15) is 11.9 Å². The highest BCUT2D eigenvalue weighted by Crippen LogP contribution is 2.27. The third-order valence-corrected chi connectivity index (χ3v) is 3.05. The topological polar surface area (TPSA) is 49.7 Å². The maximum Gasteiger partial charge on any atom is 0.124 e. The number of para-hydroxylation sites is 1. The number of hydrogen-bond acceptors (Lipinski definition) is 3. The molecule has 0 bridgehead atoms. The molecular formula is C13H18O3. The lowest BCUT2D eigenvalue weighted by atomic mass is 10.1. The maximum absolute atomic E-state index is 9.70. The fourth-order valence-corrected chi connectivity index (χ4v) is 2.15. The lowest BCUT2D eigenvalue weighted by Crippen LogP contribution is -2.26. The van der Waals surface area contributed by atoms with Crippen molar-refractivity contribution in [2.45, 2.75) is 37.9 Å². The Hall–Kier alpha value is -1.06. The van der Waals surface area contributed by atoms with E-state index >= 15 is 0 Å². The van der Waals surface area contributed by atoms with Gasteiger partial charge in [0.05, 0.1) is 6.10 Å². The number of benzene rings is 1. The average molecular weight is 222 g/mol. The number of rotatable bonds is 4. The van der Waals surface area contributed by atoms with E-state index in [1.165, 1.54) is 0 Å². The SMILES string of the molecule is OCCc1ccccc1O[C@H]1CCC[C@@H]1O. The van der Waals surface area contributed by atoms with Crippen molar-refractivity contribution in [3.63, 3.8) is 0 Å². The Kier molecular flexibility index (Phi) is 3.80. The summed E-state index contributed by atoms with van der Waals surface area (Å²) in [4.78, 5) is 0. The Labute approximate surface area is 95.7 Å². The fourth-order valence-electron chi connectivity index (χ4n) is 2.15. The van der Waals surface area contributed by atoms with Crippen molar-refractivity contribution in [2.24, 2.45) is 0 Å². The predicted molar refractivity (Wildman–Crippen MR) is 61.5 cm³/mol. The van der Waals surface area contributed by atoms with E-state index in [1.807, 2.05) is 24.3 Å². The molecule has 1 fully saturated rings. The first-order valence-electron chi connectivity index (χ1n) is 5.84. The summed E-state index contributed by atoms with van der Waals surface area (Å²) in [5, 5.41) is 18.6. The van der Waals surface area contributed by atoms with Crippen LogP contribution in [0, 0.1) is 0 Å². The second kappa shape index (κ2) is 5.32. The van der Waals surface area contributed by atoms with Crippen LogP contribution in [0.3, 0.4) is 0 Å². The molecule has 0 unspecified atom stereocenters. The third-order valence-electron chi connectivity index (χ3n) is 3.05. The van der Waals surface area contributed by atoms with Crippen molar-refractivity contribution in [1.29, 1.82) is 0 Å². The standard InChI is InChI=1S/C13H18O3/c14-9-8-10-4-1-2-6-12(10)16-13-7-3-5-11(13)15/h1-2,4,6,11,13-15H,3,5,7-9H2/t11-,13-/m0/s1. The zero-order chi connectivity index (χ0) is 11.4. The Bertz CT molecular complexity index is 338. The first kappa shape index (κ1) is 11.4. The average Bonchev–Trinajstić information content (AvgIpc) is 2.68. The highest BCUT2D eigenvalue weighted by Gasteiger charge is 2.27. The smallest absolute Gasteiger partial charge is 0.124 e. The molecule has 16 heavy (non-hydrogen) atoms. The summed E-state index contributed by atoms with van der Waals surface area (Å²) < 4.78 is 5.81. The molecule has 3 heteroatoms. The van der Waals surface area contributed by atoms with Crippen LogP contribution in [-0.4, -0.2) is 29.0 Å². The van der Waals surface area contributed by atoms with Crippen LogP contribution in [0.1, 0.15) is 24.8 Å². The number of hydrogen-bond donors (Lipinski definition) is 2. The summed E-state index contributed by atoms with van der Waals surface area (Å²) in [5.41, 5.74) is 1.00. The Balaban J connectivity index is 2.07. The molecule has 0 amide bonds. The van der Waals surface area contributed by atoms with Gasteiger partial charge in [-0.05, 0) is 37.3 Å². The van der Waals surface area contributed by atoms with E-state index < -0.39 is 0 Å². The van der Waals surface area contributed by atoms with Gasteiger partial charge in [0.15, 0.2) is 0 Å². The summed E-state index contributed by atoms with van der Waals surface area (Å²) in [7, 11) is 0. The van der Waals surface area contributed by atoms with E-state index in [1.54, 1.807) is 0 Å². The molecule has 0 heterocycles. The first-order chi connectivity index (χ1) is 7.81. The van der Waals surface area contributed by atoms with Crippen LogP contribution in [0.5, 0.6) is 5.75 Å². The van der Waals surface area contributed by atoms with Gasteiger partial charge in [-0.2, -0.15) is 0 Å². The second-order valence-electron chi connectivity index (χ2n) is 4.24. The number of ether oxygens (including phenoxy) is 1. The molecular weight excluding hydrogens is 204 g/mol. The van der Waals surface area contributed by atoms with Gasteiger partial charge in [0.25, 0.3) is 0 Å². The zero-order valence-corrected chi connectivity index (χ0v) is 9.30. The number of aliphatic hydroxyl groups excluding tert-OH is 2. The largest absolute Gasteiger partial charge is 0.487 e. The zero-order valence-electron chi connectivity index (χ0n) is 9.30. The van der Waals surface area contributed by atoms with Gasteiger partial charge >= 0.3 is 0 Å². The van der Waals surface area contributed by atoms with Crippen molar-refractivity contribution in [1.82, 2.24) is 0 Å². The van der Waals surface area contributed by atoms with Crippen LogP contribution in [0.25, 0.3) is 0 Å². The van der Waals surface area contributed by atoms with Gasteiger partial charge in [-0.3, -0.25) is 0 Å². The predicted octanol–water partition coefficient (Wildman–Crippen LogP) is 1.51. The lowest BCUT2D eigenvalue weighted by Gasteiger charge is -2.19. The Morgan fingerprint density at radius 3 is 2.75 bits per heavy atom. The summed E-state index contributed by atoms with van der Waals surface area (Å²) in [6.45, 7) is 0.119. The van der Waals surface area contributed by atoms with Gasteiger partial charge in [-0.15, -0.1) is 0 Å². The van der Waals surface area contributed by atoms with Crippen molar-refractivity contribution in [3.8, 4) is 5.75 Å². The molecule has 2 N–H and O–H groups in total. The maximum atomic E-state index is 9.70. The van der Waals surface area contributed by atoms with Crippen molar-refractivity contribution in [3.05, 3.63) is 29.8 Å². The molecule has 1 aromatic carbocycles. The molecule has 1 aliphatic carbocycles. The quantitative estimate of drug-likeness (QED) is 0.812. The minimum atomic E-state index is -0.345. The molecule has 3 nitrogen and oxygen atoms in total. The van der Waals surface area contributed by atoms with E-state index in [-0.39, 0.29) is 18.8 Å². The normalized spacial score (nSPS) is 24.6. The van der Waals surface area contributed by atoms with Gasteiger partial charge in [0.2, 0.25) is 0 Å². The summed E-state index contributed by atoms with van der Waals surface area (Å²) in [5.74, 6) is 0.794. The lowest BCUT2D eigenvalue weighted by molar-refractivity contribution is 0.0596. The molecule has 2 rings (SSSR count). The fraction of sp³-hybridized carbons (Fsp3) is 0.538.